The molecular weight excluding hydrogens is 408 g/mol. The Balaban J connectivity index is 5.39. The number of carbonyl (C=O) groups is 4. The van der Waals surface area contributed by atoms with Gasteiger partial charge in [-0.1, -0.05) is 40.5 Å². The van der Waals surface area contributed by atoms with Crippen molar-refractivity contribution in [3.05, 3.63) is 0 Å². The number of nitrogens with two attached hydrogens (primary N) is 1. The Morgan fingerprint density at radius 3 is 1.93 bits per heavy atom. The molecule has 0 saturated carbocycles. The largest absolute Gasteiger partial charge is 0.480 e. The van der Waals surface area contributed by atoms with Crippen LogP contribution < -0.4 is 21.7 Å². The normalized spacial score (nSPS) is 17.0. The van der Waals surface area contributed by atoms with Gasteiger partial charge in [0.2, 0.25) is 17.7 Å². The summed E-state index contributed by atoms with van der Waals surface area (Å²) in [5, 5.41) is 16.8. The summed E-state index contributed by atoms with van der Waals surface area (Å²) in [4.78, 5) is 49.0. The third kappa shape index (κ3) is 9.34. The van der Waals surface area contributed by atoms with Gasteiger partial charge in [0.05, 0.1) is 6.04 Å². The number of carboxylic acids is 1. The van der Waals surface area contributed by atoms with E-state index in [1.54, 1.807) is 0 Å². The fourth-order valence-electron chi connectivity index (χ4n) is 2.61. The predicted molar refractivity (Wildman–Crippen MR) is 119 cm³/mol. The Kier molecular flexibility index (Phi) is 13.4. The average Bonchev–Trinajstić information content (AvgIpc) is 2.72. The zero-order valence-corrected chi connectivity index (χ0v) is 19.7. The van der Waals surface area contributed by atoms with Crippen molar-refractivity contribution in [2.24, 2.45) is 17.6 Å². The van der Waals surface area contributed by atoms with Crippen molar-refractivity contribution in [2.45, 2.75) is 78.0 Å². The van der Waals surface area contributed by atoms with Crippen LogP contribution in [0.4, 0.5) is 0 Å². The minimum absolute atomic E-state index is 0.0387. The quantitative estimate of drug-likeness (QED) is 0.264. The topological polar surface area (TPSA) is 151 Å². The number of carboxylic acid groups (broad SMARTS) is 1. The van der Waals surface area contributed by atoms with Crippen LogP contribution >= 0.6 is 11.8 Å². The summed E-state index contributed by atoms with van der Waals surface area (Å²) in [7, 11) is 0. The second kappa shape index (κ2) is 14.2. The summed E-state index contributed by atoms with van der Waals surface area (Å²) in [5.74, 6) is -2.25. The maximum absolute atomic E-state index is 13.0. The van der Waals surface area contributed by atoms with Crippen molar-refractivity contribution in [2.75, 3.05) is 12.0 Å². The number of aliphatic carboxylic acids is 1. The van der Waals surface area contributed by atoms with Crippen molar-refractivity contribution in [1.82, 2.24) is 16.0 Å². The fourth-order valence-corrected chi connectivity index (χ4v) is 3.08. The molecule has 0 aliphatic heterocycles. The summed E-state index contributed by atoms with van der Waals surface area (Å²) in [6.45, 7) is 8.89. The van der Waals surface area contributed by atoms with Crippen LogP contribution in [0.3, 0.4) is 0 Å². The lowest BCUT2D eigenvalue weighted by Crippen LogP contribution is -2.59. The second-order valence-electron chi connectivity index (χ2n) is 7.69. The number of amides is 3. The van der Waals surface area contributed by atoms with Crippen LogP contribution in [0.15, 0.2) is 0 Å². The highest BCUT2D eigenvalue weighted by Crippen LogP contribution is 2.12. The Morgan fingerprint density at radius 2 is 1.47 bits per heavy atom. The van der Waals surface area contributed by atoms with Crippen LogP contribution in [-0.4, -0.2) is 65.0 Å². The Labute approximate surface area is 183 Å². The minimum atomic E-state index is -1.16. The van der Waals surface area contributed by atoms with E-state index in [4.69, 9.17) is 10.8 Å². The van der Waals surface area contributed by atoms with E-state index in [-0.39, 0.29) is 11.8 Å². The molecule has 9 nitrogen and oxygen atoms in total. The first-order chi connectivity index (χ1) is 14.0. The van der Waals surface area contributed by atoms with Gasteiger partial charge < -0.3 is 26.8 Å². The van der Waals surface area contributed by atoms with Crippen molar-refractivity contribution >= 4 is 35.5 Å². The van der Waals surface area contributed by atoms with E-state index in [0.717, 1.165) is 6.42 Å². The van der Waals surface area contributed by atoms with Crippen LogP contribution in [0.5, 0.6) is 0 Å². The molecule has 0 fully saturated rings. The maximum Gasteiger partial charge on any atom is 0.325 e. The number of hydrogen-bond acceptors (Lipinski definition) is 6. The van der Waals surface area contributed by atoms with Crippen LogP contribution in [0.1, 0.15) is 53.9 Å². The van der Waals surface area contributed by atoms with Gasteiger partial charge in [-0.3, -0.25) is 19.2 Å². The second-order valence-corrected chi connectivity index (χ2v) is 8.68. The number of thioether (sulfide) groups is 1. The van der Waals surface area contributed by atoms with Gasteiger partial charge in [0.1, 0.15) is 18.1 Å². The molecule has 0 aliphatic carbocycles. The lowest BCUT2D eigenvalue weighted by atomic mass is 9.95. The molecule has 0 aromatic carbocycles. The third-order valence-electron chi connectivity index (χ3n) is 5.33. The third-order valence-corrected chi connectivity index (χ3v) is 5.97. The summed E-state index contributed by atoms with van der Waals surface area (Å²) >= 11 is 1.51. The molecule has 0 bridgehead atoms. The Bertz CT molecular complexity index is 590. The van der Waals surface area contributed by atoms with E-state index < -0.39 is 47.9 Å². The van der Waals surface area contributed by atoms with E-state index in [0.29, 0.717) is 18.6 Å². The van der Waals surface area contributed by atoms with Crippen molar-refractivity contribution in [3.8, 4) is 0 Å². The van der Waals surface area contributed by atoms with Gasteiger partial charge in [-0.15, -0.1) is 0 Å². The molecule has 0 spiro atoms. The first kappa shape index (κ1) is 28.2. The highest BCUT2D eigenvalue weighted by Gasteiger charge is 2.32. The lowest BCUT2D eigenvalue weighted by Gasteiger charge is -2.28. The molecule has 3 amide bonds. The van der Waals surface area contributed by atoms with Gasteiger partial charge in [0, 0.05) is 0 Å². The highest BCUT2D eigenvalue weighted by atomic mass is 32.2. The molecule has 6 unspecified atom stereocenters. The van der Waals surface area contributed by atoms with Gasteiger partial charge in [-0.05, 0) is 37.2 Å². The summed E-state index contributed by atoms with van der Waals surface area (Å²) < 4.78 is 0. The number of rotatable bonds is 14. The van der Waals surface area contributed by atoms with E-state index >= 15 is 0 Å². The molecule has 6 N–H and O–H groups in total. The van der Waals surface area contributed by atoms with Gasteiger partial charge in [-0.25, -0.2) is 0 Å². The zero-order valence-electron chi connectivity index (χ0n) is 18.9. The molecule has 0 aliphatic rings. The van der Waals surface area contributed by atoms with Gasteiger partial charge in [0.25, 0.3) is 0 Å². The molecule has 0 aromatic rings. The number of hydrogen-bond donors (Lipinski definition) is 5. The first-order valence-electron chi connectivity index (χ1n) is 10.4. The van der Waals surface area contributed by atoms with Crippen molar-refractivity contribution < 1.29 is 24.3 Å². The number of nitrogens with one attached hydrogen (secondary N) is 3. The highest BCUT2D eigenvalue weighted by molar-refractivity contribution is 7.98. The molecular formula is C20H38N4O5S. The molecule has 6 atom stereocenters. The smallest absolute Gasteiger partial charge is 0.325 e. The molecule has 0 heterocycles. The molecule has 0 aromatic heterocycles. The van der Waals surface area contributed by atoms with Crippen molar-refractivity contribution in [3.63, 3.8) is 0 Å². The van der Waals surface area contributed by atoms with Gasteiger partial charge in [0.15, 0.2) is 0 Å². The molecule has 0 rings (SSSR count). The van der Waals surface area contributed by atoms with Crippen molar-refractivity contribution in [1.29, 1.82) is 0 Å². The first-order valence-corrected chi connectivity index (χ1v) is 11.8. The van der Waals surface area contributed by atoms with Crippen LogP contribution in [-0.2, 0) is 19.2 Å². The molecule has 30 heavy (non-hydrogen) atoms. The van der Waals surface area contributed by atoms with E-state index in [1.807, 2.05) is 34.0 Å². The summed E-state index contributed by atoms with van der Waals surface area (Å²) in [6.07, 6.45) is 3.57. The monoisotopic (exact) mass is 446 g/mol. The Hall–Kier alpha value is -1.81. The van der Waals surface area contributed by atoms with E-state index in [9.17, 15) is 19.2 Å². The zero-order chi connectivity index (χ0) is 23.4. The molecule has 0 saturated heterocycles. The maximum atomic E-state index is 13.0. The van der Waals surface area contributed by atoms with E-state index in [1.165, 1.54) is 18.7 Å². The average molecular weight is 447 g/mol. The SMILES string of the molecule is CCC(C)C(N)C(=O)NC(C(=O)NC(CCSC)C(=O)NC(C)C(=O)O)C(C)CC. The number of carbonyl (C=O) groups excluding carboxylic acids is 3. The molecule has 0 radical (unpaired) electrons. The van der Waals surface area contributed by atoms with Crippen LogP contribution in [0, 0.1) is 11.8 Å². The lowest BCUT2D eigenvalue weighted by molar-refractivity contribution is -0.141. The van der Waals surface area contributed by atoms with E-state index in [2.05, 4.69) is 16.0 Å². The van der Waals surface area contributed by atoms with Crippen LogP contribution in [0.2, 0.25) is 0 Å². The van der Waals surface area contributed by atoms with Gasteiger partial charge >= 0.3 is 5.97 Å². The molecule has 174 valence electrons. The van der Waals surface area contributed by atoms with Crippen LogP contribution in [0.25, 0.3) is 0 Å². The molecule has 10 heteroatoms. The Morgan fingerprint density at radius 1 is 0.900 bits per heavy atom. The summed E-state index contributed by atoms with van der Waals surface area (Å²) in [5.41, 5.74) is 5.99. The fraction of sp³-hybridized carbons (Fsp3) is 0.800. The minimum Gasteiger partial charge on any atom is -0.480 e. The predicted octanol–water partition coefficient (Wildman–Crippen LogP) is 0.718. The summed E-state index contributed by atoms with van der Waals surface area (Å²) in [6, 6.07) is -3.57. The van der Waals surface area contributed by atoms with Gasteiger partial charge in [-0.2, -0.15) is 11.8 Å². The standard InChI is InChI=1S/C20H38N4O5S/c1-7-11(3)15(21)18(26)24-16(12(4)8-2)19(27)23-14(9-10-30-6)17(25)22-13(5)20(28)29/h11-16H,7-10,21H2,1-6H3,(H,22,25)(H,23,27)(H,24,26)(H,28,29).